The van der Waals surface area contributed by atoms with E-state index in [9.17, 15) is 9.50 Å². The van der Waals surface area contributed by atoms with Gasteiger partial charge in [0, 0.05) is 15.6 Å². The van der Waals surface area contributed by atoms with Gasteiger partial charge in [-0.25, -0.2) is 4.39 Å². The fourth-order valence-corrected chi connectivity index (χ4v) is 2.53. The number of aliphatic hydroxyl groups is 1. The van der Waals surface area contributed by atoms with Gasteiger partial charge in [0.05, 0.1) is 0 Å². The molecule has 0 fully saturated rings. The van der Waals surface area contributed by atoms with Crippen LogP contribution in [0.25, 0.3) is 0 Å². The van der Waals surface area contributed by atoms with Crippen LogP contribution in [-0.4, -0.2) is 5.11 Å². The average Bonchev–Trinajstić information content (AvgIpc) is 2.29. The molecule has 0 aromatic heterocycles. The van der Waals surface area contributed by atoms with Gasteiger partial charge in [0.1, 0.15) is 11.4 Å². The van der Waals surface area contributed by atoms with Crippen molar-refractivity contribution in [2.45, 2.75) is 12.5 Å². The predicted octanol–water partition coefficient (Wildman–Crippen LogP) is 3.84. The van der Waals surface area contributed by atoms with Gasteiger partial charge in [-0.05, 0) is 19.1 Å². The van der Waals surface area contributed by atoms with E-state index >= 15 is 0 Å². The van der Waals surface area contributed by atoms with Gasteiger partial charge in [-0.1, -0.05) is 52.3 Å². The van der Waals surface area contributed by atoms with Crippen molar-refractivity contribution >= 4 is 15.9 Å². The van der Waals surface area contributed by atoms with E-state index in [-0.39, 0.29) is 5.56 Å². The molecule has 17 heavy (non-hydrogen) atoms. The molecule has 2 rings (SSSR count). The smallest absolute Gasteiger partial charge is 0.129 e. The van der Waals surface area contributed by atoms with Crippen LogP contribution in [0, 0.1) is 5.82 Å². The summed E-state index contributed by atoms with van der Waals surface area (Å²) in [6.45, 7) is 1.59. The van der Waals surface area contributed by atoms with Crippen LogP contribution in [0.4, 0.5) is 4.39 Å². The minimum absolute atomic E-state index is 0.270. The molecule has 0 aliphatic carbocycles. The maximum Gasteiger partial charge on any atom is 0.129 e. The van der Waals surface area contributed by atoms with E-state index in [1.807, 2.05) is 18.2 Å². The van der Waals surface area contributed by atoms with Crippen LogP contribution < -0.4 is 0 Å². The summed E-state index contributed by atoms with van der Waals surface area (Å²) in [4.78, 5) is 0. The quantitative estimate of drug-likeness (QED) is 0.892. The van der Waals surface area contributed by atoms with E-state index in [1.54, 1.807) is 31.2 Å². The molecular weight excluding hydrogens is 283 g/mol. The van der Waals surface area contributed by atoms with Crippen molar-refractivity contribution in [2.75, 3.05) is 0 Å². The number of benzene rings is 2. The number of rotatable bonds is 2. The Morgan fingerprint density at radius 1 is 1.00 bits per heavy atom. The molecule has 1 N–H and O–H groups in total. The number of halogens is 2. The molecule has 0 bridgehead atoms. The molecule has 0 radical (unpaired) electrons. The Kier molecular flexibility index (Phi) is 3.31. The number of hydrogen-bond acceptors (Lipinski definition) is 1. The van der Waals surface area contributed by atoms with E-state index < -0.39 is 11.4 Å². The third kappa shape index (κ3) is 2.26. The lowest BCUT2D eigenvalue weighted by atomic mass is 9.88. The van der Waals surface area contributed by atoms with E-state index in [1.165, 1.54) is 6.07 Å². The molecule has 1 unspecified atom stereocenters. The molecule has 0 aliphatic rings. The van der Waals surface area contributed by atoms with Crippen LogP contribution in [0.5, 0.6) is 0 Å². The van der Waals surface area contributed by atoms with Crippen LogP contribution >= 0.6 is 15.9 Å². The van der Waals surface area contributed by atoms with Crippen molar-refractivity contribution in [1.82, 2.24) is 0 Å². The highest BCUT2D eigenvalue weighted by Gasteiger charge is 2.30. The molecule has 0 saturated carbocycles. The molecule has 0 amide bonds. The molecule has 0 heterocycles. The van der Waals surface area contributed by atoms with Crippen molar-refractivity contribution in [1.29, 1.82) is 0 Å². The van der Waals surface area contributed by atoms with Gasteiger partial charge in [-0.3, -0.25) is 0 Å². The highest BCUT2D eigenvalue weighted by Crippen LogP contribution is 2.34. The number of hydrogen-bond donors (Lipinski definition) is 1. The molecule has 0 spiro atoms. The first kappa shape index (κ1) is 12.3. The molecule has 0 aliphatic heterocycles. The van der Waals surface area contributed by atoms with E-state index in [4.69, 9.17) is 0 Å². The minimum Gasteiger partial charge on any atom is -0.381 e. The van der Waals surface area contributed by atoms with Crippen LogP contribution in [0.15, 0.2) is 53.0 Å². The monoisotopic (exact) mass is 294 g/mol. The summed E-state index contributed by atoms with van der Waals surface area (Å²) >= 11 is 3.37. The standard InChI is InChI=1S/C14H12BrFO/c1-14(17,10-6-2-4-8-12(10)15)11-7-3-5-9-13(11)16/h2-9,17H,1H3. The van der Waals surface area contributed by atoms with Crippen LogP contribution in [0.3, 0.4) is 0 Å². The maximum absolute atomic E-state index is 13.7. The molecule has 3 heteroatoms. The zero-order chi connectivity index (χ0) is 12.5. The molecule has 1 atom stereocenters. The van der Waals surface area contributed by atoms with Crippen molar-refractivity contribution in [2.24, 2.45) is 0 Å². The van der Waals surface area contributed by atoms with Gasteiger partial charge in [0.25, 0.3) is 0 Å². The highest BCUT2D eigenvalue weighted by molar-refractivity contribution is 9.10. The summed E-state index contributed by atoms with van der Waals surface area (Å²) in [5.74, 6) is -0.409. The second-order valence-electron chi connectivity index (χ2n) is 4.03. The van der Waals surface area contributed by atoms with E-state index in [0.29, 0.717) is 5.56 Å². The second-order valence-corrected chi connectivity index (χ2v) is 4.89. The molecular formula is C14H12BrFO. The van der Waals surface area contributed by atoms with Gasteiger partial charge < -0.3 is 5.11 Å². The average molecular weight is 295 g/mol. The lowest BCUT2D eigenvalue weighted by Gasteiger charge is -2.26. The fraction of sp³-hybridized carbons (Fsp3) is 0.143. The minimum atomic E-state index is -1.36. The van der Waals surface area contributed by atoms with Gasteiger partial charge in [-0.2, -0.15) is 0 Å². The Morgan fingerprint density at radius 3 is 2.12 bits per heavy atom. The first-order chi connectivity index (χ1) is 8.03. The fourth-order valence-electron chi connectivity index (χ4n) is 1.86. The van der Waals surface area contributed by atoms with Crippen molar-refractivity contribution < 1.29 is 9.50 Å². The molecule has 2 aromatic rings. The van der Waals surface area contributed by atoms with Crippen LogP contribution in [0.1, 0.15) is 18.1 Å². The predicted molar refractivity (Wildman–Crippen MR) is 69.2 cm³/mol. The van der Waals surface area contributed by atoms with Crippen LogP contribution in [-0.2, 0) is 5.60 Å². The van der Waals surface area contributed by atoms with E-state index in [2.05, 4.69) is 15.9 Å². The summed E-state index contributed by atoms with van der Waals surface area (Å²) in [6, 6.07) is 13.5. The highest BCUT2D eigenvalue weighted by atomic mass is 79.9. The van der Waals surface area contributed by atoms with Crippen LogP contribution in [0.2, 0.25) is 0 Å². The first-order valence-electron chi connectivity index (χ1n) is 5.26. The SMILES string of the molecule is CC(O)(c1ccccc1F)c1ccccc1Br. The Bertz CT molecular complexity index is 490. The summed E-state index contributed by atoms with van der Waals surface area (Å²) in [6.07, 6.45) is 0. The Hall–Kier alpha value is -1.19. The van der Waals surface area contributed by atoms with Gasteiger partial charge >= 0.3 is 0 Å². The third-order valence-electron chi connectivity index (χ3n) is 2.80. The zero-order valence-electron chi connectivity index (χ0n) is 9.32. The topological polar surface area (TPSA) is 20.2 Å². The second kappa shape index (κ2) is 4.59. The van der Waals surface area contributed by atoms with Crippen molar-refractivity contribution in [3.8, 4) is 0 Å². The zero-order valence-corrected chi connectivity index (χ0v) is 10.9. The summed E-state index contributed by atoms with van der Waals surface area (Å²) in [5, 5.41) is 10.5. The molecule has 2 aromatic carbocycles. The third-order valence-corrected chi connectivity index (χ3v) is 3.49. The van der Waals surface area contributed by atoms with Crippen molar-refractivity contribution in [3.63, 3.8) is 0 Å². The first-order valence-corrected chi connectivity index (χ1v) is 6.05. The lowest BCUT2D eigenvalue weighted by molar-refractivity contribution is 0.0972. The summed E-state index contributed by atoms with van der Waals surface area (Å²) in [7, 11) is 0. The van der Waals surface area contributed by atoms with Crippen molar-refractivity contribution in [3.05, 3.63) is 69.9 Å². The Labute approximate surface area is 108 Å². The summed E-state index contributed by atoms with van der Waals surface area (Å²) in [5.41, 5.74) is -0.442. The largest absolute Gasteiger partial charge is 0.381 e. The molecule has 0 saturated heterocycles. The van der Waals surface area contributed by atoms with E-state index in [0.717, 1.165) is 4.47 Å². The van der Waals surface area contributed by atoms with Gasteiger partial charge in [0.15, 0.2) is 0 Å². The Morgan fingerprint density at radius 2 is 1.53 bits per heavy atom. The van der Waals surface area contributed by atoms with Gasteiger partial charge in [-0.15, -0.1) is 0 Å². The molecule has 1 nitrogen and oxygen atoms in total. The maximum atomic E-state index is 13.7. The Balaban J connectivity index is 2.58. The molecule has 88 valence electrons. The normalized spacial score (nSPS) is 14.4. The lowest BCUT2D eigenvalue weighted by Crippen LogP contribution is -2.24. The van der Waals surface area contributed by atoms with Gasteiger partial charge in [0.2, 0.25) is 0 Å². The summed E-state index contributed by atoms with van der Waals surface area (Å²) < 4.78 is 14.5.